The molecule has 0 saturated carbocycles. The van der Waals surface area contributed by atoms with Crippen molar-refractivity contribution in [3.63, 3.8) is 0 Å². The minimum atomic E-state index is -0.647. The van der Waals surface area contributed by atoms with E-state index in [2.05, 4.69) is 5.32 Å². The molecule has 21 heavy (non-hydrogen) atoms. The van der Waals surface area contributed by atoms with Crippen LogP contribution in [0.25, 0.3) is 0 Å². The van der Waals surface area contributed by atoms with Crippen LogP contribution in [0, 0.1) is 11.6 Å². The number of rotatable bonds is 5. The fourth-order valence-corrected chi connectivity index (χ4v) is 2.62. The zero-order valence-corrected chi connectivity index (χ0v) is 12.3. The van der Waals surface area contributed by atoms with Crippen molar-refractivity contribution in [3.05, 3.63) is 65.7 Å². The lowest BCUT2D eigenvalue weighted by Gasteiger charge is -2.12. The van der Waals surface area contributed by atoms with E-state index < -0.39 is 11.6 Å². The van der Waals surface area contributed by atoms with E-state index in [4.69, 9.17) is 0 Å². The van der Waals surface area contributed by atoms with E-state index in [1.165, 1.54) is 11.8 Å². The van der Waals surface area contributed by atoms with Crippen molar-refractivity contribution in [2.75, 3.05) is 11.1 Å². The Kier molecular flexibility index (Phi) is 5.33. The summed E-state index contributed by atoms with van der Waals surface area (Å²) in [5.74, 6) is -1.42. The van der Waals surface area contributed by atoms with Gasteiger partial charge in [0, 0.05) is 11.3 Å². The number of nitrogens with one attached hydrogen (secondary N) is 1. The average Bonchev–Trinajstić information content (AvgIpc) is 2.49. The van der Waals surface area contributed by atoms with Crippen LogP contribution in [0.4, 0.5) is 14.5 Å². The van der Waals surface area contributed by atoms with E-state index in [1.807, 2.05) is 37.3 Å². The minimum Gasteiger partial charge on any atom is -0.323 e. The maximum absolute atomic E-state index is 13.4. The van der Waals surface area contributed by atoms with E-state index in [0.29, 0.717) is 0 Å². The van der Waals surface area contributed by atoms with Crippen molar-refractivity contribution in [2.24, 2.45) is 0 Å². The van der Waals surface area contributed by atoms with E-state index in [0.717, 1.165) is 23.8 Å². The van der Waals surface area contributed by atoms with Gasteiger partial charge in [-0.15, -0.1) is 11.8 Å². The van der Waals surface area contributed by atoms with E-state index >= 15 is 0 Å². The smallest absolute Gasteiger partial charge is 0.234 e. The first-order valence-electron chi connectivity index (χ1n) is 6.47. The summed E-state index contributed by atoms with van der Waals surface area (Å²) in [6, 6.07) is 12.8. The van der Waals surface area contributed by atoms with Gasteiger partial charge in [-0.05, 0) is 24.6 Å². The molecule has 0 aliphatic heterocycles. The molecule has 0 aliphatic rings. The summed E-state index contributed by atoms with van der Waals surface area (Å²) in [6.07, 6.45) is 0. The van der Waals surface area contributed by atoms with Crippen LogP contribution in [0.3, 0.4) is 0 Å². The molecule has 2 aromatic rings. The maximum atomic E-state index is 13.4. The summed E-state index contributed by atoms with van der Waals surface area (Å²) >= 11 is 1.44. The van der Waals surface area contributed by atoms with Crippen LogP contribution in [0.5, 0.6) is 0 Å². The van der Waals surface area contributed by atoms with Gasteiger partial charge in [0.15, 0.2) is 0 Å². The topological polar surface area (TPSA) is 29.1 Å². The Labute approximate surface area is 126 Å². The molecule has 110 valence electrons. The highest BCUT2D eigenvalue weighted by Gasteiger charge is 2.11. The van der Waals surface area contributed by atoms with Gasteiger partial charge in [-0.3, -0.25) is 4.79 Å². The Hall–Kier alpha value is -1.88. The summed E-state index contributed by atoms with van der Waals surface area (Å²) in [7, 11) is 0. The quantitative estimate of drug-likeness (QED) is 0.887. The number of anilines is 1. The standard InChI is InChI=1S/C16H15F2NOS/c1-11(12-5-3-2-4-6-12)21-10-16(20)19-15-9-13(17)7-8-14(15)18/h2-9,11H,10H2,1H3,(H,19,20). The third-order valence-electron chi connectivity index (χ3n) is 2.94. The zero-order chi connectivity index (χ0) is 15.2. The summed E-state index contributed by atoms with van der Waals surface area (Å²) in [5, 5.41) is 2.53. The van der Waals surface area contributed by atoms with Gasteiger partial charge in [0.2, 0.25) is 5.91 Å². The van der Waals surface area contributed by atoms with E-state index in [1.54, 1.807) is 0 Å². The van der Waals surface area contributed by atoms with Crippen molar-refractivity contribution in [1.82, 2.24) is 0 Å². The van der Waals surface area contributed by atoms with Crippen LogP contribution >= 0.6 is 11.8 Å². The summed E-state index contributed by atoms with van der Waals surface area (Å²) < 4.78 is 26.4. The number of carbonyl (C=O) groups excluding carboxylic acids is 1. The van der Waals surface area contributed by atoms with E-state index in [-0.39, 0.29) is 22.6 Å². The Balaban J connectivity index is 1.89. The van der Waals surface area contributed by atoms with Crippen LogP contribution < -0.4 is 5.32 Å². The molecule has 1 atom stereocenters. The molecule has 0 bridgehead atoms. The highest BCUT2D eigenvalue weighted by atomic mass is 32.2. The monoisotopic (exact) mass is 307 g/mol. The first-order valence-corrected chi connectivity index (χ1v) is 7.52. The Bertz CT molecular complexity index is 619. The lowest BCUT2D eigenvalue weighted by Crippen LogP contribution is -2.15. The maximum Gasteiger partial charge on any atom is 0.234 e. The van der Waals surface area contributed by atoms with Crippen LogP contribution in [0.15, 0.2) is 48.5 Å². The number of hydrogen-bond donors (Lipinski definition) is 1. The number of hydrogen-bond acceptors (Lipinski definition) is 2. The van der Waals surface area contributed by atoms with Gasteiger partial charge in [-0.25, -0.2) is 8.78 Å². The Morgan fingerprint density at radius 3 is 2.62 bits per heavy atom. The molecule has 0 spiro atoms. The third kappa shape index (κ3) is 4.56. The van der Waals surface area contributed by atoms with Crippen molar-refractivity contribution >= 4 is 23.4 Å². The molecule has 2 nitrogen and oxygen atoms in total. The number of halogens is 2. The zero-order valence-electron chi connectivity index (χ0n) is 11.5. The summed E-state index contributed by atoms with van der Waals surface area (Å²) in [6.45, 7) is 2.00. The van der Waals surface area contributed by atoms with Crippen LogP contribution in [0.1, 0.15) is 17.7 Å². The molecule has 1 unspecified atom stereocenters. The molecule has 2 aromatic carbocycles. The molecule has 5 heteroatoms. The normalized spacial score (nSPS) is 12.0. The van der Waals surface area contributed by atoms with Gasteiger partial charge in [0.1, 0.15) is 11.6 Å². The predicted octanol–water partition coefficient (Wildman–Crippen LogP) is 4.40. The van der Waals surface area contributed by atoms with Gasteiger partial charge in [-0.2, -0.15) is 0 Å². The fraction of sp³-hybridized carbons (Fsp3) is 0.188. The van der Waals surface area contributed by atoms with Gasteiger partial charge in [0.25, 0.3) is 0 Å². The van der Waals surface area contributed by atoms with Crippen LogP contribution in [-0.2, 0) is 4.79 Å². The third-order valence-corrected chi connectivity index (χ3v) is 4.14. The number of amides is 1. The Morgan fingerprint density at radius 2 is 1.90 bits per heavy atom. The van der Waals surface area contributed by atoms with Gasteiger partial charge in [0.05, 0.1) is 11.4 Å². The molecule has 0 aromatic heterocycles. The summed E-state index contributed by atoms with van der Waals surface area (Å²) in [4.78, 5) is 11.8. The van der Waals surface area contributed by atoms with Gasteiger partial charge >= 0.3 is 0 Å². The Morgan fingerprint density at radius 1 is 1.19 bits per heavy atom. The molecular weight excluding hydrogens is 292 g/mol. The molecule has 0 aliphatic carbocycles. The number of benzene rings is 2. The molecular formula is C16H15F2NOS. The highest BCUT2D eigenvalue weighted by molar-refractivity contribution is 8.00. The first-order chi connectivity index (χ1) is 10.1. The van der Waals surface area contributed by atoms with E-state index in [9.17, 15) is 13.6 Å². The molecule has 1 amide bonds. The average molecular weight is 307 g/mol. The lowest BCUT2D eigenvalue weighted by atomic mass is 10.2. The van der Waals surface area contributed by atoms with Crippen molar-refractivity contribution in [1.29, 1.82) is 0 Å². The van der Waals surface area contributed by atoms with Gasteiger partial charge < -0.3 is 5.32 Å². The second kappa shape index (κ2) is 7.22. The van der Waals surface area contributed by atoms with Crippen molar-refractivity contribution in [2.45, 2.75) is 12.2 Å². The van der Waals surface area contributed by atoms with Crippen LogP contribution in [-0.4, -0.2) is 11.7 Å². The summed E-state index contributed by atoms with van der Waals surface area (Å²) in [5.41, 5.74) is 0.986. The second-order valence-electron chi connectivity index (χ2n) is 4.54. The lowest BCUT2D eigenvalue weighted by molar-refractivity contribution is -0.113. The first kappa shape index (κ1) is 15.5. The van der Waals surface area contributed by atoms with Gasteiger partial charge in [-0.1, -0.05) is 30.3 Å². The van der Waals surface area contributed by atoms with Crippen LogP contribution in [0.2, 0.25) is 0 Å². The molecule has 0 radical (unpaired) electrons. The molecule has 0 fully saturated rings. The van der Waals surface area contributed by atoms with Crippen molar-refractivity contribution < 1.29 is 13.6 Å². The van der Waals surface area contributed by atoms with Crippen molar-refractivity contribution in [3.8, 4) is 0 Å². The fourth-order valence-electron chi connectivity index (χ4n) is 1.80. The second-order valence-corrected chi connectivity index (χ2v) is 5.87. The number of carbonyl (C=O) groups is 1. The highest BCUT2D eigenvalue weighted by Crippen LogP contribution is 2.27. The molecule has 0 heterocycles. The SMILES string of the molecule is CC(SCC(=O)Nc1cc(F)ccc1F)c1ccccc1. The molecule has 1 N–H and O–H groups in total. The molecule has 2 rings (SSSR count). The molecule has 0 saturated heterocycles. The predicted molar refractivity (Wildman–Crippen MR) is 82.3 cm³/mol. The minimum absolute atomic E-state index is 0.132. The number of thioether (sulfide) groups is 1. The largest absolute Gasteiger partial charge is 0.323 e.